The first-order valence-electron chi connectivity index (χ1n) is 8.04. The first-order chi connectivity index (χ1) is 9.65. The van der Waals surface area contributed by atoms with Crippen LogP contribution in [0, 0.1) is 11.8 Å². The second-order valence-electron chi connectivity index (χ2n) is 6.99. The van der Waals surface area contributed by atoms with Crippen molar-refractivity contribution in [3.8, 4) is 0 Å². The van der Waals surface area contributed by atoms with Crippen molar-refractivity contribution in [3.63, 3.8) is 0 Å². The summed E-state index contributed by atoms with van der Waals surface area (Å²) in [6.07, 6.45) is 3.76. The molecule has 0 aromatic rings. The highest BCUT2D eigenvalue weighted by atomic mass is 16.6. The van der Waals surface area contributed by atoms with E-state index in [-0.39, 0.29) is 18.4 Å². The monoisotopic (exact) mass is 300 g/mol. The Morgan fingerprint density at radius 1 is 1.10 bits per heavy atom. The number of unbranched alkanes of at least 4 members (excludes halogenated alkanes) is 2. The van der Waals surface area contributed by atoms with Crippen LogP contribution in [0.3, 0.4) is 0 Å². The van der Waals surface area contributed by atoms with Crippen molar-refractivity contribution in [1.29, 1.82) is 0 Å². The van der Waals surface area contributed by atoms with E-state index in [0.29, 0.717) is 18.9 Å². The standard InChI is InChI=1S/C17H32O4/c1-7-8-9-10-20-16(19)14(11-13(2)3)12-15(18)21-17(4,5)6/h13-14H,7-12H2,1-6H3. The number of carbonyl (C=O) groups is 2. The molecule has 1 atom stereocenters. The van der Waals surface area contributed by atoms with Crippen LogP contribution in [-0.4, -0.2) is 24.1 Å². The van der Waals surface area contributed by atoms with Gasteiger partial charge < -0.3 is 9.47 Å². The zero-order valence-corrected chi connectivity index (χ0v) is 14.5. The molecule has 0 radical (unpaired) electrons. The van der Waals surface area contributed by atoms with E-state index in [1.54, 1.807) is 0 Å². The highest BCUT2D eigenvalue weighted by Gasteiger charge is 2.27. The third-order valence-corrected chi connectivity index (χ3v) is 2.91. The minimum atomic E-state index is -0.523. The van der Waals surface area contributed by atoms with Crippen molar-refractivity contribution in [2.45, 2.75) is 79.2 Å². The zero-order valence-electron chi connectivity index (χ0n) is 14.5. The molecule has 0 aromatic heterocycles. The second-order valence-corrected chi connectivity index (χ2v) is 6.99. The summed E-state index contributed by atoms with van der Waals surface area (Å²) in [6.45, 7) is 12.1. The topological polar surface area (TPSA) is 52.6 Å². The fourth-order valence-corrected chi connectivity index (χ4v) is 2.06. The van der Waals surface area contributed by atoms with Crippen LogP contribution in [0.4, 0.5) is 0 Å². The summed E-state index contributed by atoms with van der Waals surface area (Å²) in [6, 6.07) is 0. The molecule has 124 valence electrons. The molecule has 0 aliphatic heterocycles. The smallest absolute Gasteiger partial charge is 0.309 e. The third kappa shape index (κ3) is 11.3. The molecular formula is C17H32O4. The fourth-order valence-electron chi connectivity index (χ4n) is 2.06. The van der Waals surface area contributed by atoms with E-state index in [0.717, 1.165) is 19.3 Å². The Morgan fingerprint density at radius 2 is 1.71 bits per heavy atom. The van der Waals surface area contributed by atoms with E-state index in [2.05, 4.69) is 6.92 Å². The second kappa shape index (κ2) is 9.80. The van der Waals surface area contributed by atoms with Gasteiger partial charge in [0.2, 0.25) is 0 Å². The van der Waals surface area contributed by atoms with Gasteiger partial charge in [-0.05, 0) is 39.5 Å². The Bertz CT molecular complexity index is 315. The molecule has 0 saturated heterocycles. The first kappa shape index (κ1) is 19.9. The highest BCUT2D eigenvalue weighted by Crippen LogP contribution is 2.20. The van der Waals surface area contributed by atoms with Crippen LogP contribution in [0.15, 0.2) is 0 Å². The van der Waals surface area contributed by atoms with Gasteiger partial charge in [-0.2, -0.15) is 0 Å². The van der Waals surface area contributed by atoms with Crippen LogP contribution >= 0.6 is 0 Å². The van der Waals surface area contributed by atoms with Crippen LogP contribution in [0.5, 0.6) is 0 Å². The summed E-state index contributed by atoms with van der Waals surface area (Å²) in [7, 11) is 0. The summed E-state index contributed by atoms with van der Waals surface area (Å²) < 4.78 is 10.6. The minimum Gasteiger partial charge on any atom is -0.465 e. The molecule has 0 amide bonds. The average Bonchev–Trinajstić information content (AvgIpc) is 2.30. The normalized spacial score (nSPS) is 13.1. The summed E-state index contributed by atoms with van der Waals surface area (Å²) in [5.41, 5.74) is -0.523. The van der Waals surface area contributed by atoms with Gasteiger partial charge in [0, 0.05) is 0 Å². The molecule has 0 aliphatic carbocycles. The van der Waals surface area contributed by atoms with Gasteiger partial charge in [-0.3, -0.25) is 9.59 Å². The van der Waals surface area contributed by atoms with Gasteiger partial charge in [-0.25, -0.2) is 0 Å². The van der Waals surface area contributed by atoms with E-state index < -0.39 is 11.5 Å². The number of hydrogen-bond donors (Lipinski definition) is 0. The lowest BCUT2D eigenvalue weighted by molar-refractivity contribution is -0.162. The molecule has 0 rings (SSSR count). The predicted octanol–water partition coefficient (Wildman–Crippen LogP) is 4.11. The maximum Gasteiger partial charge on any atom is 0.309 e. The van der Waals surface area contributed by atoms with Gasteiger partial charge in [-0.1, -0.05) is 33.6 Å². The molecule has 0 heterocycles. The van der Waals surface area contributed by atoms with Crippen molar-refractivity contribution >= 4 is 11.9 Å². The van der Waals surface area contributed by atoms with E-state index in [1.807, 2.05) is 34.6 Å². The number of esters is 2. The fraction of sp³-hybridized carbons (Fsp3) is 0.882. The SMILES string of the molecule is CCCCCOC(=O)C(CC(=O)OC(C)(C)C)CC(C)C. The summed E-state index contributed by atoms with van der Waals surface area (Å²) in [5.74, 6) is -0.675. The largest absolute Gasteiger partial charge is 0.465 e. The van der Waals surface area contributed by atoms with Crippen molar-refractivity contribution in [3.05, 3.63) is 0 Å². The number of carbonyl (C=O) groups excluding carboxylic acids is 2. The molecule has 1 unspecified atom stereocenters. The molecule has 21 heavy (non-hydrogen) atoms. The quantitative estimate of drug-likeness (QED) is 0.475. The number of hydrogen-bond acceptors (Lipinski definition) is 4. The maximum atomic E-state index is 12.1. The lowest BCUT2D eigenvalue weighted by atomic mass is 9.94. The van der Waals surface area contributed by atoms with Gasteiger partial charge in [-0.15, -0.1) is 0 Å². The third-order valence-electron chi connectivity index (χ3n) is 2.91. The van der Waals surface area contributed by atoms with E-state index >= 15 is 0 Å². The lowest BCUT2D eigenvalue weighted by Crippen LogP contribution is -2.28. The maximum absolute atomic E-state index is 12.1. The van der Waals surface area contributed by atoms with E-state index in [4.69, 9.17) is 9.47 Å². The van der Waals surface area contributed by atoms with Crippen molar-refractivity contribution in [2.75, 3.05) is 6.61 Å². The molecule has 0 spiro atoms. The molecule has 4 heteroatoms. The first-order valence-corrected chi connectivity index (χ1v) is 8.04. The molecule has 4 nitrogen and oxygen atoms in total. The summed E-state index contributed by atoms with van der Waals surface area (Å²) in [4.78, 5) is 24.0. The summed E-state index contributed by atoms with van der Waals surface area (Å²) in [5, 5.41) is 0. The van der Waals surface area contributed by atoms with Gasteiger partial charge in [0.15, 0.2) is 0 Å². The van der Waals surface area contributed by atoms with Crippen molar-refractivity contribution in [2.24, 2.45) is 11.8 Å². The van der Waals surface area contributed by atoms with Crippen molar-refractivity contribution < 1.29 is 19.1 Å². The van der Waals surface area contributed by atoms with Crippen LogP contribution in [0.1, 0.15) is 73.6 Å². The molecule has 0 N–H and O–H groups in total. The van der Waals surface area contributed by atoms with Gasteiger partial charge in [0.1, 0.15) is 5.60 Å². The van der Waals surface area contributed by atoms with Crippen LogP contribution in [0.2, 0.25) is 0 Å². The van der Waals surface area contributed by atoms with Crippen LogP contribution in [0.25, 0.3) is 0 Å². The molecule has 0 saturated carbocycles. The Hall–Kier alpha value is -1.06. The molecular weight excluding hydrogens is 268 g/mol. The number of rotatable bonds is 9. The zero-order chi connectivity index (χ0) is 16.5. The van der Waals surface area contributed by atoms with Gasteiger partial charge in [0.25, 0.3) is 0 Å². The van der Waals surface area contributed by atoms with Gasteiger partial charge >= 0.3 is 11.9 Å². The highest BCUT2D eigenvalue weighted by molar-refractivity contribution is 5.80. The molecule has 0 aromatic carbocycles. The van der Waals surface area contributed by atoms with Crippen LogP contribution in [-0.2, 0) is 19.1 Å². The van der Waals surface area contributed by atoms with Gasteiger partial charge in [0.05, 0.1) is 18.9 Å². The molecule has 0 bridgehead atoms. The lowest BCUT2D eigenvalue weighted by Gasteiger charge is -2.22. The Morgan fingerprint density at radius 3 is 2.19 bits per heavy atom. The average molecular weight is 300 g/mol. The Kier molecular flexibility index (Phi) is 9.31. The van der Waals surface area contributed by atoms with Crippen LogP contribution < -0.4 is 0 Å². The molecule has 0 aliphatic rings. The Labute approximate surface area is 129 Å². The minimum absolute atomic E-state index is 0.0993. The van der Waals surface area contributed by atoms with E-state index in [9.17, 15) is 9.59 Å². The number of ether oxygens (including phenoxy) is 2. The molecule has 0 fully saturated rings. The Balaban J connectivity index is 4.43. The van der Waals surface area contributed by atoms with E-state index in [1.165, 1.54) is 0 Å². The van der Waals surface area contributed by atoms with Crippen molar-refractivity contribution in [1.82, 2.24) is 0 Å². The summed E-state index contributed by atoms with van der Waals surface area (Å²) >= 11 is 0. The predicted molar refractivity (Wildman–Crippen MR) is 83.9 cm³/mol.